The SMILES string of the molecule is COc1ccc2c(c1)CCC(C(=O)N[C@@H](Cc1ccccc1)C(=O)NC(CC(C)C)B(O)O)C2. The molecule has 0 heterocycles. The van der Waals surface area contributed by atoms with Crippen LogP contribution in [-0.2, 0) is 28.9 Å². The summed E-state index contributed by atoms with van der Waals surface area (Å²) in [7, 11) is -0.0356. The number of carbonyl (C=O) groups is 2. The van der Waals surface area contributed by atoms with E-state index in [0.29, 0.717) is 25.7 Å². The third kappa shape index (κ3) is 7.08. The van der Waals surface area contributed by atoms with Crippen molar-refractivity contribution >= 4 is 18.9 Å². The van der Waals surface area contributed by atoms with Crippen molar-refractivity contribution < 1.29 is 24.4 Å². The van der Waals surface area contributed by atoms with E-state index >= 15 is 0 Å². The first-order valence-electron chi connectivity index (χ1n) is 11.9. The smallest absolute Gasteiger partial charge is 0.475 e. The maximum Gasteiger partial charge on any atom is 0.475 e. The van der Waals surface area contributed by atoms with Gasteiger partial charge in [0.2, 0.25) is 11.8 Å². The van der Waals surface area contributed by atoms with Gasteiger partial charge in [-0.2, -0.15) is 0 Å². The maximum atomic E-state index is 13.2. The molecule has 0 aliphatic heterocycles. The van der Waals surface area contributed by atoms with Gasteiger partial charge < -0.3 is 25.4 Å². The highest BCUT2D eigenvalue weighted by Gasteiger charge is 2.32. The average molecular weight is 466 g/mol. The molecule has 0 radical (unpaired) electrons. The summed E-state index contributed by atoms with van der Waals surface area (Å²) in [5, 5.41) is 25.2. The van der Waals surface area contributed by atoms with Crippen molar-refractivity contribution in [2.75, 3.05) is 7.11 Å². The zero-order valence-corrected chi connectivity index (χ0v) is 20.2. The van der Waals surface area contributed by atoms with Gasteiger partial charge in [-0.25, -0.2) is 0 Å². The van der Waals surface area contributed by atoms with Gasteiger partial charge in [0.05, 0.1) is 13.1 Å². The van der Waals surface area contributed by atoms with Gasteiger partial charge in [-0.15, -0.1) is 0 Å². The molecule has 2 aromatic carbocycles. The number of rotatable bonds is 10. The Kier molecular flexibility index (Phi) is 9.13. The van der Waals surface area contributed by atoms with Crippen LogP contribution in [0.3, 0.4) is 0 Å². The fraction of sp³-hybridized carbons (Fsp3) is 0.462. The Bertz CT molecular complexity index is 967. The predicted molar refractivity (Wildman–Crippen MR) is 132 cm³/mol. The van der Waals surface area contributed by atoms with Crippen LogP contribution in [0.15, 0.2) is 48.5 Å². The van der Waals surface area contributed by atoms with Crippen molar-refractivity contribution in [2.24, 2.45) is 11.8 Å². The van der Waals surface area contributed by atoms with Gasteiger partial charge in [-0.3, -0.25) is 9.59 Å². The van der Waals surface area contributed by atoms with Gasteiger partial charge in [0, 0.05) is 12.3 Å². The highest BCUT2D eigenvalue weighted by Crippen LogP contribution is 2.29. The summed E-state index contributed by atoms with van der Waals surface area (Å²) >= 11 is 0. The molecule has 3 atom stereocenters. The molecule has 3 rings (SSSR count). The summed E-state index contributed by atoms with van der Waals surface area (Å²) in [6.45, 7) is 3.89. The molecule has 34 heavy (non-hydrogen) atoms. The summed E-state index contributed by atoms with van der Waals surface area (Å²) in [6, 6.07) is 14.6. The fourth-order valence-electron chi connectivity index (χ4n) is 4.48. The Balaban J connectivity index is 1.72. The number of hydrogen-bond donors (Lipinski definition) is 4. The van der Waals surface area contributed by atoms with Gasteiger partial charge in [0.25, 0.3) is 0 Å². The standard InChI is InChI=1S/C26H35BN2O5/c1-17(2)13-24(27(32)33)29-26(31)23(14-18-7-5-4-6-8-18)28-25(30)21-10-9-20-16-22(34-3)12-11-19(20)15-21/h4-8,11-12,16-17,21,23-24,32-33H,9-10,13-15H2,1-3H3,(H,28,30)(H,29,31)/t21?,23-,24?/m0/s1. The Morgan fingerprint density at radius 3 is 2.47 bits per heavy atom. The highest BCUT2D eigenvalue weighted by atomic mass is 16.5. The van der Waals surface area contributed by atoms with Crippen molar-refractivity contribution in [3.8, 4) is 5.75 Å². The van der Waals surface area contributed by atoms with E-state index in [1.54, 1.807) is 7.11 Å². The molecule has 8 heteroatoms. The van der Waals surface area contributed by atoms with E-state index in [1.165, 1.54) is 5.56 Å². The largest absolute Gasteiger partial charge is 0.497 e. The van der Waals surface area contributed by atoms with Crippen LogP contribution in [0, 0.1) is 11.8 Å². The number of ether oxygens (including phenoxy) is 1. The van der Waals surface area contributed by atoms with Crippen LogP contribution in [0.2, 0.25) is 0 Å². The van der Waals surface area contributed by atoms with E-state index in [9.17, 15) is 19.6 Å². The fourth-order valence-corrected chi connectivity index (χ4v) is 4.48. The zero-order valence-electron chi connectivity index (χ0n) is 20.2. The molecule has 0 bridgehead atoms. The second-order valence-corrected chi connectivity index (χ2v) is 9.48. The number of amides is 2. The lowest BCUT2D eigenvalue weighted by Crippen LogP contribution is -2.55. The molecule has 4 N–H and O–H groups in total. The minimum absolute atomic E-state index is 0.162. The maximum absolute atomic E-state index is 13.2. The number of hydrogen-bond acceptors (Lipinski definition) is 5. The van der Waals surface area contributed by atoms with Crippen LogP contribution < -0.4 is 15.4 Å². The van der Waals surface area contributed by atoms with Gasteiger partial charge in [-0.05, 0) is 60.4 Å². The van der Waals surface area contributed by atoms with E-state index in [0.717, 1.165) is 23.3 Å². The molecule has 2 amide bonds. The predicted octanol–water partition coefficient (Wildman–Crippen LogP) is 2.07. The molecule has 7 nitrogen and oxygen atoms in total. The summed E-state index contributed by atoms with van der Waals surface area (Å²) in [6.07, 6.45) is 2.80. The summed E-state index contributed by atoms with van der Waals surface area (Å²) in [4.78, 5) is 26.4. The first-order valence-corrected chi connectivity index (χ1v) is 11.9. The Hall–Kier alpha value is -2.84. The molecule has 182 valence electrons. The number of carbonyl (C=O) groups excluding carboxylic acids is 2. The molecular formula is C26H35BN2O5. The average Bonchev–Trinajstić information content (AvgIpc) is 2.82. The van der Waals surface area contributed by atoms with E-state index < -0.39 is 25.0 Å². The molecule has 0 saturated carbocycles. The first-order chi connectivity index (χ1) is 16.3. The van der Waals surface area contributed by atoms with Crippen LogP contribution in [0.1, 0.15) is 43.4 Å². The summed E-state index contributed by atoms with van der Waals surface area (Å²) < 4.78 is 5.30. The molecule has 0 saturated heterocycles. The van der Waals surface area contributed by atoms with Gasteiger partial charge in [-0.1, -0.05) is 50.2 Å². The monoisotopic (exact) mass is 466 g/mol. The minimum atomic E-state index is -1.67. The van der Waals surface area contributed by atoms with Gasteiger partial charge in [0.1, 0.15) is 11.8 Å². The zero-order chi connectivity index (χ0) is 24.7. The Morgan fingerprint density at radius 1 is 1.09 bits per heavy atom. The van der Waals surface area contributed by atoms with Crippen LogP contribution in [0.5, 0.6) is 5.75 Å². The second-order valence-electron chi connectivity index (χ2n) is 9.48. The van der Waals surface area contributed by atoms with Crippen molar-refractivity contribution in [1.29, 1.82) is 0 Å². The quantitative estimate of drug-likeness (QED) is 0.401. The van der Waals surface area contributed by atoms with Crippen molar-refractivity contribution in [3.63, 3.8) is 0 Å². The van der Waals surface area contributed by atoms with Crippen LogP contribution >= 0.6 is 0 Å². The summed E-state index contributed by atoms with van der Waals surface area (Å²) in [5.41, 5.74) is 3.22. The lowest BCUT2D eigenvalue weighted by Gasteiger charge is -2.28. The Labute approximate surface area is 202 Å². The molecular weight excluding hydrogens is 431 g/mol. The second kappa shape index (κ2) is 12.0. The Morgan fingerprint density at radius 2 is 1.82 bits per heavy atom. The number of fused-ring (bicyclic) bond motifs is 1. The number of aryl methyl sites for hydroxylation is 1. The number of methoxy groups -OCH3 is 1. The van der Waals surface area contributed by atoms with Crippen molar-refractivity contribution in [3.05, 3.63) is 65.2 Å². The van der Waals surface area contributed by atoms with Gasteiger partial charge >= 0.3 is 7.12 Å². The molecule has 1 aliphatic carbocycles. The van der Waals surface area contributed by atoms with E-state index in [1.807, 2.05) is 62.4 Å². The topological polar surface area (TPSA) is 108 Å². The highest BCUT2D eigenvalue weighted by molar-refractivity contribution is 6.43. The minimum Gasteiger partial charge on any atom is -0.497 e. The molecule has 0 aromatic heterocycles. The molecule has 2 aromatic rings. The lowest BCUT2D eigenvalue weighted by molar-refractivity contribution is -0.131. The lowest BCUT2D eigenvalue weighted by atomic mass is 9.75. The number of benzene rings is 2. The van der Waals surface area contributed by atoms with Crippen molar-refractivity contribution in [2.45, 2.75) is 57.9 Å². The van der Waals surface area contributed by atoms with Crippen LogP contribution in [0.4, 0.5) is 0 Å². The van der Waals surface area contributed by atoms with Crippen LogP contribution in [-0.4, -0.2) is 48.1 Å². The molecule has 0 fully saturated rings. The third-order valence-electron chi connectivity index (χ3n) is 6.34. The summed E-state index contributed by atoms with van der Waals surface area (Å²) in [5.74, 6) is -0.654. The van der Waals surface area contributed by atoms with E-state index in [4.69, 9.17) is 4.74 Å². The van der Waals surface area contributed by atoms with Gasteiger partial charge in [0.15, 0.2) is 0 Å². The van der Waals surface area contributed by atoms with E-state index in [-0.39, 0.29) is 17.7 Å². The number of nitrogens with one attached hydrogen (secondary N) is 2. The normalized spacial score (nSPS) is 16.8. The third-order valence-corrected chi connectivity index (χ3v) is 6.34. The molecule has 0 spiro atoms. The van der Waals surface area contributed by atoms with E-state index in [2.05, 4.69) is 10.6 Å². The molecule has 2 unspecified atom stereocenters. The molecule has 1 aliphatic rings. The van der Waals surface area contributed by atoms with Crippen LogP contribution in [0.25, 0.3) is 0 Å². The van der Waals surface area contributed by atoms with Crippen molar-refractivity contribution in [1.82, 2.24) is 10.6 Å². The first kappa shape index (κ1) is 25.8.